The summed E-state index contributed by atoms with van der Waals surface area (Å²) in [6, 6.07) is 8.47. The fraction of sp³-hybridized carbons (Fsp3) is 0.0833. The number of pyridine rings is 1. The molecule has 2 rings (SSSR count). The summed E-state index contributed by atoms with van der Waals surface area (Å²) in [7, 11) is -3.15. The van der Waals surface area contributed by atoms with E-state index in [0.717, 1.165) is 15.8 Å². The predicted octanol–water partition coefficient (Wildman–Crippen LogP) is 2.99. The molecule has 1 aromatic heterocycles. The molecule has 1 heterocycles. The first-order valence-electron chi connectivity index (χ1n) is 5.13. The second kappa shape index (κ2) is 5.07. The molecule has 0 aliphatic carbocycles. The van der Waals surface area contributed by atoms with Crippen LogP contribution in [0.5, 0.6) is 0 Å². The lowest BCUT2D eigenvalue weighted by Crippen LogP contribution is -1.97. The summed E-state index contributed by atoms with van der Waals surface area (Å²) in [6.45, 7) is 0. The van der Waals surface area contributed by atoms with Crippen molar-refractivity contribution in [2.75, 3.05) is 11.6 Å². The number of nitrogens with zero attached hydrogens (tertiary/aromatic N) is 1. The highest BCUT2D eigenvalue weighted by molar-refractivity contribution is 9.10. The van der Waals surface area contributed by atoms with Crippen molar-refractivity contribution < 1.29 is 8.42 Å². The van der Waals surface area contributed by atoms with Crippen LogP contribution in [0.15, 0.2) is 52.1 Å². The van der Waals surface area contributed by atoms with Gasteiger partial charge in [-0.3, -0.25) is 4.98 Å². The highest BCUT2D eigenvalue weighted by Gasteiger charge is 2.06. The van der Waals surface area contributed by atoms with Crippen LogP contribution in [-0.2, 0) is 9.84 Å². The molecule has 0 radical (unpaired) electrons. The molecule has 0 aliphatic rings. The Morgan fingerprint density at radius 1 is 1.11 bits per heavy atom. The molecule has 0 saturated heterocycles. The fourth-order valence-electron chi connectivity index (χ4n) is 1.43. The van der Waals surface area contributed by atoms with E-state index in [4.69, 9.17) is 0 Å². The molecule has 2 aromatic rings. The number of anilines is 2. The van der Waals surface area contributed by atoms with Crippen molar-refractivity contribution in [2.24, 2.45) is 0 Å². The van der Waals surface area contributed by atoms with E-state index >= 15 is 0 Å². The first-order chi connectivity index (χ1) is 8.45. The topological polar surface area (TPSA) is 59.1 Å². The standard InChI is InChI=1S/C12H11BrN2O2S/c1-18(16,17)12-4-2-10(3-5-12)15-11-6-9(13)7-14-8-11/h2-8,15H,1H3. The Labute approximate surface area is 114 Å². The Bertz CT molecular complexity index is 654. The van der Waals surface area contributed by atoms with Crippen molar-refractivity contribution in [1.29, 1.82) is 0 Å². The predicted molar refractivity (Wildman–Crippen MR) is 74.8 cm³/mol. The quantitative estimate of drug-likeness (QED) is 0.941. The van der Waals surface area contributed by atoms with Gasteiger partial charge < -0.3 is 5.32 Å². The van der Waals surface area contributed by atoms with Crippen molar-refractivity contribution in [1.82, 2.24) is 4.98 Å². The van der Waals surface area contributed by atoms with Crippen LogP contribution in [0.2, 0.25) is 0 Å². The molecule has 1 aromatic carbocycles. The van der Waals surface area contributed by atoms with Gasteiger partial charge in [0.15, 0.2) is 9.84 Å². The third-order valence-electron chi connectivity index (χ3n) is 2.28. The third-order valence-corrected chi connectivity index (χ3v) is 3.84. The minimum absolute atomic E-state index is 0.306. The zero-order valence-corrected chi connectivity index (χ0v) is 12.0. The van der Waals surface area contributed by atoms with E-state index in [1.165, 1.54) is 6.26 Å². The molecular formula is C12H11BrN2O2S. The van der Waals surface area contributed by atoms with Gasteiger partial charge >= 0.3 is 0 Å². The average molecular weight is 327 g/mol. The number of sulfone groups is 1. The van der Waals surface area contributed by atoms with E-state index in [0.29, 0.717) is 4.90 Å². The average Bonchev–Trinajstić information content (AvgIpc) is 2.28. The summed E-state index contributed by atoms with van der Waals surface area (Å²) in [4.78, 5) is 4.34. The van der Waals surface area contributed by atoms with Crippen LogP contribution in [-0.4, -0.2) is 19.7 Å². The first kappa shape index (κ1) is 13.0. The molecule has 1 N–H and O–H groups in total. The second-order valence-corrected chi connectivity index (χ2v) is 6.74. The molecule has 0 saturated carbocycles. The number of benzene rings is 1. The van der Waals surface area contributed by atoms with Crippen LogP contribution in [0.25, 0.3) is 0 Å². The summed E-state index contributed by atoms with van der Waals surface area (Å²) in [5, 5.41) is 3.14. The van der Waals surface area contributed by atoms with E-state index in [9.17, 15) is 8.42 Å². The monoisotopic (exact) mass is 326 g/mol. The van der Waals surface area contributed by atoms with Crippen LogP contribution in [0, 0.1) is 0 Å². The molecule has 0 unspecified atom stereocenters. The zero-order valence-electron chi connectivity index (χ0n) is 9.59. The van der Waals surface area contributed by atoms with E-state index in [1.807, 2.05) is 6.07 Å². The number of aromatic nitrogens is 1. The highest BCUT2D eigenvalue weighted by Crippen LogP contribution is 2.20. The molecule has 0 bridgehead atoms. The molecule has 0 aliphatic heterocycles. The number of rotatable bonds is 3. The van der Waals surface area contributed by atoms with Gasteiger partial charge in [-0.05, 0) is 46.3 Å². The van der Waals surface area contributed by atoms with Crippen molar-refractivity contribution in [2.45, 2.75) is 4.90 Å². The molecule has 0 fully saturated rings. The Hall–Kier alpha value is -1.40. The van der Waals surface area contributed by atoms with Gasteiger partial charge in [-0.15, -0.1) is 0 Å². The van der Waals surface area contributed by atoms with Crippen LogP contribution >= 0.6 is 15.9 Å². The lowest BCUT2D eigenvalue weighted by Gasteiger charge is -2.06. The molecule has 4 nitrogen and oxygen atoms in total. The van der Waals surface area contributed by atoms with Crippen molar-refractivity contribution in [3.8, 4) is 0 Å². The second-order valence-electron chi connectivity index (χ2n) is 3.81. The Morgan fingerprint density at radius 3 is 2.33 bits per heavy atom. The molecule has 0 spiro atoms. The molecule has 94 valence electrons. The van der Waals surface area contributed by atoms with Gasteiger partial charge in [-0.25, -0.2) is 8.42 Å². The zero-order chi connectivity index (χ0) is 13.2. The third kappa shape index (κ3) is 3.30. The number of nitrogens with one attached hydrogen (secondary N) is 1. The Kier molecular flexibility index (Phi) is 3.68. The van der Waals surface area contributed by atoms with Gasteiger partial charge in [0.2, 0.25) is 0 Å². The summed E-state index contributed by atoms with van der Waals surface area (Å²) in [5.41, 5.74) is 1.64. The maximum absolute atomic E-state index is 11.3. The lowest BCUT2D eigenvalue weighted by molar-refractivity contribution is 0.602. The first-order valence-corrected chi connectivity index (χ1v) is 7.81. The number of hydrogen-bond donors (Lipinski definition) is 1. The molecule has 18 heavy (non-hydrogen) atoms. The van der Waals surface area contributed by atoms with Gasteiger partial charge in [-0.2, -0.15) is 0 Å². The minimum Gasteiger partial charge on any atom is -0.354 e. The molecule has 0 amide bonds. The van der Waals surface area contributed by atoms with Crippen LogP contribution < -0.4 is 5.32 Å². The summed E-state index contributed by atoms with van der Waals surface area (Å²) >= 11 is 3.33. The normalized spacial score (nSPS) is 11.2. The summed E-state index contributed by atoms with van der Waals surface area (Å²) < 4.78 is 23.5. The van der Waals surface area contributed by atoms with Gasteiger partial charge in [-0.1, -0.05) is 0 Å². The maximum atomic E-state index is 11.3. The number of hydrogen-bond acceptors (Lipinski definition) is 4. The van der Waals surface area contributed by atoms with E-state index in [2.05, 4.69) is 26.2 Å². The van der Waals surface area contributed by atoms with Gasteiger partial charge in [0.1, 0.15) is 0 Å². The van der Waals surface area contributed by atoms with E-state index in [1.54, 1.807) is 36.7 Å². The number of halogens is 1. The smallest absolute Gasteiger partial charge is 0.175 e. The minimum atomic E-state index is -3.15. The molecular weight excluding hydrogens is 316 g/mol. The SMILES string of the molecule is CS(=O)(=O)c1ccc(Nc2cncc(Br)c2)cc1. The Morgan fingerprint density at radius 2 is 1.78 bits per heavy atom. The largest absolute Gasteiger partial charge is 0.354 e. The molecule has 0 atom stereocenters. The highest BCUT2D eigenvalue weighted by atomic mass is 79.9. The summed E-state index contributed by atoms with van der Waals surface area (Å²) in [5.74, 6) is 0. The van der Waals surface area contributed by atoms with Crippen LogP contribution in [0.4, 0.5) is 11.4 Å². The summed E-state index contributed by atoms with van der Waals surface area (Å²) in [6.07, 6.45) is 4.57. The van der Waals surface area contributed by atoms with Crippen molar-refractivity contribution in [3.05, 3.63) is 47.2 Å². The maximum Gasteiger partial charge on any atom is 0.175 e. The van der Waals surface area contributed by atoms with Crippen LogP contribution in [0.1, 0.15) is 0 Å². The lowest BCUT2D eigenvalue weighted by atomic mass is 10.3. The van der Waals surface area contributed by atoms with Crippen LogP contribution in [0.3, 0.4) is 0 Å². The van der Waals surface area contributed by atoms with E-state index < -0.39 is 9.84 Å². The van der Waals surface area contributed by atoms with Gasteiger partial charge in [0.25, 0.3) is 0 Å². The van der Waals surface area contributed by atoms with Crippen molar-refractivity contribution in [3.63, 3.8) is 0 Å². The fourth-order valence-corrected chi connectivity index (χ4v) is 2.43. The molecule has 6 heteroatoms. The van der Waals surface area contributed by atoms with Gasteiger partial charge in [0, 0.05) is 22.6 Å². The van der Waals surface area contributed by atoms with Crippen molar-refractivity contribution >= 4 is 37.1 Å². The Balaban J connectivity index is 2.21. The van der Waals surface area contributed by atoms with Gasteiger partial charge in [0.05, 0.1) is 16.8 Å². The van der Waals surface area contributed by atoms with E-state index in [-0.39, 0.29) is 0 Å².